The summed E-state index contributed by atoms with van der Waals surface area (Å²) in [5, 5.41) is 6.32. The molecule has 0 radical (unpaired) electrons. The number of hydrogen-bond acceptors (Lipinski definition) is 3. The molecule has 1 amide bonds. The largest absolute Gasteiger partial charge is 0.384 e. The molecule has 1 heterocycles. The van der Waals surface area contributed by atoms with E-state index in [0.29, 0.717) is 11.0 Å². The van der Waals surface area contributed by atoms with Gasteiger partial charge in [0.05, 0.1) is 11.3 Å². The molecule has 1 aliphatic carbocycles. The number of rotatable bonds is 7. The zero-order valence-corrected chi connectivity index (χ0v) is 11.8. The van der Waals surface area contributed by atoms with Crippen molar-refractivity contribution in [3.63, 3.8) is 0 Å². The van der Waals surface area contributed by atoms with Crippen LogP contribution in [0.25, 0.3) is 0 Å². The molecule has 1 aromatic rings. The van der Waals surface area contributed by atoms with Crippen molar-refractivity contribution in [2.24, 2.45) is 5.41 Å². The van der Waals surface area contributed by atoms with Crippen LogP contribution in [0.4, 0.5) is 5.69 Å². The second-order valence-corrected chi connectivity index (χ2v) is 5.38. The first-order valence-electron chi connectivity index (χ1n) is 7.17. The fraction of sp³-hybridized carbons (Fsp3) is 0.600. The fourth-order valence-electron chi connectivity index (χ4n) is 2.18. The van der Waals surface area contributed by atoms with Gasteiger partial charge in [0.25, 0.3) is 5.91 Å². The van der Waals surface area contributed by atoms with Crippen LogP contribution in [0.5, 0.6) is 0 Å². The number of carbonyl (C=O) groups excluding carboxylic acids is 1. The van der Waals surface area contributed by atoms with Gasteiger partial charge in [0.1, 0.15) is 0 Å². The molecule has 0 aromatic carbocycles. The lowest BCUT2D eigenvalue weighted by Crippen LogP contribution is -2.30. The lowest BCUT2D eigenvalue weighted by molar-refractivity contribution is 0.0945. The lowest BCUT2D eigenvalue weighted by atomic mass is 10.0. The minimum atomic E-state index is -0.0218. The average Bonchev–Trinajstić information content (AvgIpc) is 3.23. The third-order valence-corrected chi connectivity index (χ3v) is 3.96. The number of anilines is 1. The van der Waals surface area contributed by atoms with Crippen LogP contribution in [-0.2, 0) is 0 Å². The SMILES string of the molecule is CCCNc1ccncc1C(=O)NCC1(CC)CC1. The van der Waals surface area contributed by atoms with Crippen molar-refractivity contribution in [1.82, 2.24) is 10.3 Å². The Hall–Kier alpha value is -1.58. The highest BCUT2D eigenvalue weighted by molar-refractivity contribution is 5.99. The van der Waals surface area contributed by atoms with Crippen molar-refractivity contribution in [3.8, 4) is 0 Å². The molecule has 1 aromatic heterocycles. The van der Waals surface area contributed by atoms with E-state index in [-0.39, 0.29) is 5.91 Å². The molecule has 1 saturated carbocycles. The van der Waals surface area contributed by atoms with Crippen LogP contribution < -0.4 is 10.6 Å². The zero-order valence-electron chi connectivity index (χ0n) is 11.8. The number of amides is 1. The number of aromatic nitrogens is 1. The van der Waals surface area contributed by atoms with Gasteiger partial charge in [-0.05, 0) is 37.2 Å². The zero-order chi connectivity index (χ0) is 13.7. The number of nitrogens with one attached hydrogen (secondary N) is 2. The third kappa shape index (κ3) is 3.46. The summed E-state index contributed by atoms with van der Waals surface area (Å²) in [4.78, 5) is 16.3. The molecular weight excluding hydrogens is 238 g/mol. The fourth-order valence-corrected chi connectivity index (χ4v) is 2.18. The van der Waals surface area contributed by atoms with Gasteiger partial charge in [-0.1, -0.05) is 13.8 Å². The van der Waals surface area contributed by atoms with E-state index in [2.05, 4.69) is 29.5 Å². The molecular formula is C15H23N3O. The highest BCUT2D eigenvalue weighted by Crippen LogP contribution is 2.47. The van der Waals surface area contributed by atoms with Gasteiger partial charge in [0.2, 0.25) is 0 Å². The molecule has 4 nitrogen and oxygen atoms in total. The van der Waals surface area contributed by atoms with Crippen molar-refractivity contribution in [1.29, 1.82) is 0 Å². The molecule has 1 fully saturated rings. The number of pyridine rings is 1. The Labute approximate surface area is 115 Å². The topological polar surface area (TPSA) is 54.0 Å². The van der Waals surface area contributed by atoms with Gasteiger partial charge in [-0.3, -0.25) is 9.78 Å². The maximum absolute atomic E-state index is 12.2. The molecule has 0 atom stereocenters. The molecule has 0 aliphatic heterocycles. The third-order valence-electron chi connectivity index (χ3n) is 3.96. The molecule has 2 rings (SSSR count). The smallest absolute Gasteiger partial charge is 0.254 e. The Balaban J connectivity index is 1.98. The van der Waals surface area contributed by atoms with Crippen LogP contribution in [0, 0.1) is 5.41 Å². The van der Waals surface area contributed by atoms with Crippen molar-refractivity contribution in [3.05, 3.63) is 24.0 Å². The van der Waals surface area contributed by atoms with E-state index in [4.69, 9.17) is 0 Å². The van der Waals surface area contributed by atoms with Crippen LogP contribution >= 0.6 is 0 Å². The van der Waals surface area contributed by atoms with Gasteiger partial charge < -0.3 is 10.6 Å². The maximum atomic E-state index is 12.2. The minimum Gasteiger partial charge on any atom is -0.384 e. The summed E-state index contributed by atoms with van der Waals surface area (Å²) >= 11 is 0. The minimum absolute atomic E-state index is 0.0218. The maximum Gasteiger partial charge on any atom is 0.254 e. The lowest BCUT2D eigenvalue weighted by Gasteiger charge is -2.15. The second kappa shape index (κ2) is 6.04. The van der Waals surface area contributed by atoms with Gasteiger partial charge in [-0.2, -0.15) is 0 Å². The van der Waals surface area contributed by atoms with Crippen LogP contribution in [-0.4, -0.2) is 24.0 Å². The number of hydrogen-bond donors (Lipinski definition) is 2. The Morgan fingerprint density at radius 2 is 2.21 bits per heavy atom. The first-order valence-corrected chi connectivity index (χ1v) is 7.17. The predicted octanol–water partition coefficient (Wildman–Crippen LogP) is 2.82. The first kappa shape index (κ1) is 13.8. The van der Waals surface area contributed by atoms with Gasteiger partial charge in [-0.25, -0.2) is 0 Å². The van der Waals surface area contributed by atoms with Crippen LogP contribution in [0.3, 0.4) is 0 Å². The Morgan fingerprint density at radius 1 is 1.42 bits per heavy atom. The van der Waals surface area contributed by atoms with Crippen molar-refractivity contribution in [2.45, 2.75) is 39.5 Å². The molecule has 19 heavy (non-hydrogen) atoms. The number of carbonyl (C=O) groups is 1. The Bertz CT molecular complexity index is 441. The standard InChI is InChI=1S/C15H23N3O/c1-3-8-17-13-5-9-16-10-12(13)14(19)18-11-15(4-2)6-7-15/h5,9-10H,3-4,6-8,11H2,1-2H3,(H,16,17)(H,18,19). The molecule has 2 N–H and O–H groups in total. The van der Waals surface area contributed by atoms with Crippen LogP contribution in [0.1, 0.15) is 49.9 Å². The van der Waals surface area contributed by atoms with E-state index < -0.39 is 0 Å². The number of nitrogens with zero attached hydrogens (tertiary/aromatic N) is 1. The molecule has 104 valence electrons. The molecule has 1 aliphatic rings. The summed E-state index contributed by atoms with van der Waals surface area (Å²) in [5.74, 6) is -0.0218. The molecule has 4 heteroatoms. The molecule has 0 bridgehead atoms. The molecule has 0 saturated heterocycles. The van der Waals surface area contributed by atoms with E-state index in [1.54, 1.807) is 12.4 Å². The Morgan fingerprint density at radius 3 is 2.84 bits per heavy atom. The van der Waals surface area contributed by atoms with Crippen LogP contribution in [0.2, 0.25) is 0 Å². The van der Waals surface area contributed by atoms with E-state index >= 15 is 0 Å². The Kier molecular flexibility index (Phi) is 4.40. The average molecular weight is 261 g/mol. The monoisotopic (exact) mass is 261 g/mol. The molecule has 0 unspecified atom stereocenters. The predicted molar refractivity (Wildman–Crippen MR) is 77.3 cm³/mol. The highest BCUT2D eigenvalue weighted by Gasteiger charge is 2.40. The molecule has 0 spiro atoms. The summed E-state index contributed by atoms with van der Waals surface area (Å²) in [5.41, 5.74) is 1.88. The summed E-state index contributed by atoms with van der Waals surface area (Å²) in [6.07, 6.45) is 7.99. The summed E-state index contributed by atoms with van der Waals surface area (Å²) in [7, 11) is 0. The van der Waals surface area contributed by atoms with Gasteiger partial charge in [0.15, 0.2) is 0 Å². The van der Waals surface area contributed by atoms with E-state index in [1.165, 1.54) is 12.8 Å². The summed E-state index contributed by atoms with van der Waals surface area (Å²) in [6, 6.07) is 1.86. The van der Waals surface area contributed by atoms with Gasteiger partial charge >= 0.3 is 0 Å². The normalized spacial score (nSPS) is 15.9. The van der Waals surface area contributed by atoms with Crippen molar-refractivity contribution >= 4 is 11.6 Å². The highest BCUT2D eigenvalue weighted by atomic mass is 16.1. The van der Waals surface area contributed by atoms with E-state index in [1.807, 2.05) is 6.07 Å². The van der Waals surface area contributed by atoms with E-state index in [0.717, 1.165) is 31.6 Å². The quantitative estimate of drug-likeness (QED) is 0.793. The van der Waals surface area contributed by atoms with E-state index in [9.17, 15) is 4.79 Å². The van der Waals surface area contributed by atoms with Crippen molar-refractivity contribution in [2.75, 3.05) is 18.4 Å². The summed E-state index contributed by atoms with van der Waals surface area (Å²) in [6.45, 7) is 5.94. The van der Waals surface area contributed by atoms with Gasteiger partial charge in [0, 0.05) is 25.5 Å². The summed E-state index contributed by atoms with van der Waals surface area (Å²) < 4.78 is 0. The van der Waals surface area contributed by atoms with Crippen molar-refractivity contribution < 1.29 is 4.79 Å². The van der Waals surface area contributed by atoms with Gasteiger partial charge in [-0.15, -0.1) is 0 Å². The first-order chi connectivity index (χ1) is 9.21. The van der Waals surface area contributed by atoms with Crippen LogP contribution in [0.15, 0.2) is 18.5 Å². The second-order valence-electron chi connectivity index (χ2n) is 5.38.